The minimum atomic E-state index is -4.93. The summed E-state index contributed by atoms with van der Waals surface area (Å²) in [5, 5.41) is 11.2. The second kappa shape index (κ2) is 12.9. The summed E-state index contributed by atoms with van der Waals surface area (Å²) in [7, 11) is 0. The summed E-state index contributed by atoms with van der Waals surface area (Å²) in [5.74, 6) is -3.54. The highest BCUT2D eigenvalue weighted by atomic mass is 19.4. The molecule has 2 aliphatic heterocycles. The average Bonchev–Trinajstić information content (AvgIpc) is 3.04. The highest BCUT2D eigenvalue weighted by molar-refractivity contribution is 5.95. The number of hydrogen-bond donors (Lipinski definition) is 1. The van der Waals surface area contributed by atoms with E-state index in [4.69, 9.17) is 5.26 Å². The van der Waals surface area contributed by atoms with Crippen LogP contribution in [0.25, 0.3) is 0 Å². The number of anilines is 1. The Morgan fingerprint density at radius 1 is 0.955 bits per heavy atom. The number of nitrogens with zero attached hydrogens (tertiary/aromatic N) is 6. The number of hydrogen-bond acceptors (Lipinski definition) is 7. The number of likely N-dealkylation sites (tertiary alicyclic amines) is 1. The SMILES string of the molecule is N#Cc1ccc(C(=O)N2CCC(N3CCN(c4ncc(C(=O)NCc5ccc(F)c(F)c5)c(C(F)(F)F)n4)CC3)CC2)cc1. The fourth-order valence-electron chi connectivity index (χ4n) is 5.43. The Hall–Kier alpha value is -4.64. The number of nitrogens with one attached hydrogen (secondary N) is 1. The van der Waals surface area contributed by atoms with Crippen LogP contribution in [0.15, 0.2) is 48.7 Å². The first-order valence-corrected chi connectivity index (χ1v) is 14.0. The lowest BCUT2D eigenvalue weighted by Gasteiger charge is -2.42. The van der Waals surface area contributed by atoms with Crippen LogP contribution in [0.1, 0.15) is 50.4 Å². The van der Waals surface area contributed by atoms with Gasteiger partial charge in [-0.3, -0.25) is 14.5 Å². The molecule has 0 aliphatic carbocycles. The topological polar surface area (TPSA) is 105 Å². The van der Waals surface area contributed by atoms with Crippen LogP contribution < -0.4 is 10.2 Å². The van der Waals surface area contributed by atoms with Gasteiger partial charge in [0.05, 0.1) is 17.2 Å². The third-order valence-electron chi connectivity index (χ3n) is 7.85. The summed E-state index contributed by atoms with van der Waals surface area (Å²) in [5.41, 5.74) is -0.971. The largest absolute Gasteiger partial charge is 0.434 e. The van der Waals surface area contributed by atoms with Crippen molar-refractivity contribution in [2.45, 2.75) is 31.6 Å². The molecule has 0 atom stereocenters. The minimum absolute atomic E-state index is 0.0862. The zero-order valence-corrected chi connectivity index (χ0v) is 23.4. The molecule has 2 aliphatic rings. The molecular formula is C30H28F5N7O2. The van der Waals surface area contributed by atoms with Gasteiger partial charge in [0.2, 0.25) is 5.95 Å². The third kappa shape index (κ3) is 6.94. The van der Waals surface area contributed by atoms with E-state index in [0.717, 1.165) is 31.2 Å². The summed E-state index contributed by atoms with van der Waals surface area (Å²) in [4.78, 5) is 38.9. The van der Waals surface area contributed by atoms with Gasteiger partial charge in [0.15, 0.2) is 17.3 Å². The standard InChI is InChI=1S/C30H28F5N7O2/c31-24-6-3-20(15-25(24)32)17-37-27(43)23-18-38-29(39-26(23)30(33,34)35)42-13-11-40(12-14-42)22-7-9-41(10-8-22)28(44)21-4-1-19(16-36)2-5-21/h1-6,15,18,22H,7-14,17H2,(H,37,43). The number of nitriles is 1. The number of piperidine rings is 1. The summed E-state index contributed by atoms with van der Waals surface area (Å²) < 4.78 is 68.3. The Kier molecular flexibility index (Phi) is 9.05. The van der Waals surface area contributed by atoms with E-state index in [1.165, 1.54) is 6.07 Å². The molecule has 230 valence electrons. The zero-order valence-electron chi connectivity index (χ0n) is 23.4. The number of alkyl halides is 3. The van der Waals surface area contributed by atoms with Crippen LogP contribution >= 0.6 is 0 Å². The fraction of sp³-hybridized carbons (Fsp3) is 0.367. The normalized spacial score (nSPS) is 16.5. The van der Waals surface area contributed by atoms with E-state index in [9.17, 15) is 31.5 Å². The first kappa shape index (κ1) is 30.8. The van der Waals surface area contributed by atoms with E-state index in [1.54, 1.807) is 34.1 Å². The van der Waals surface area contributed by atoms with Crippen molar-refractivity contribution in [3.63, 3.8) is 0 Å². The first-order valence-electron chi connectivity index (χ1n) is 14.0. The quantitative estimate of drug-likeness (QED) is 0.419. The molecule has 2 saturated heterocycles. The van der Waals surface area contributed by atoms with Gasteiger partial charge in [0.1, 0.15) is 0 Å². The number of halogens is 5. The molecule has 0 radical (unpaired) electrons. The fourth-order valence-corrected chi connectivity index (χ4v) is 5.43. The molecule has 0 spiro atoms. The van der Waals surface area contributed by atoms with Crippen LogP contribution in [0.5, 0.6) is 0 Å². The Morgan fingerprint density at radius 2 is 1.64 bits per heavy atom. The van der Waals surface area contributed by atoms with Crippen molar-refractivity contribution in [2.75, 3.05) is 44.2 Å². The average molecular weight is 614 g/mol. The van der Waals surface area contributed by atoms with Gasteiger partial charge in [-0.1, -0.05) is 6.07 Å². The molecule has 0 bridgehead atoms. The number of rotatable bonds is 6. The maximum atomic E-state index is 13.9. The molecule has 14 heteroatoms. The van der Waals surface area contributed by atoms with Gasteiger partial charge in [-0.15, -0.1) is 0 Å². The van der Waals surface area contributed by atoms with E-state index >= 15 is 0 Å². The minimum Gasteiger partial charge on any atom is -0.348 e. The lowest BCUT2D eigenvalue weighted by Crippen LogP contribution is -2.54. The van der Waals surface area contributed by atoms with Crippen molar-refractivity contribution in [1.82, 2.24) is 25.1 Å². The lowest BCUT2D eigenvalue weighted by atomic mass is 10.0. The number of aromatic nitrogens is 2. The summed E-state index contributed by atoms with van der Waals surface area (Å²) in [6.07, 6.45) is -2.59. The highest BCUT2D eigenvalue weighted by Crippen LogP contribution is 2.32. The van der Waals surface area contributed by atoms with Gasteiger partial charge >= 0.3 is 6.18 Å². The lowest BCUT2D eigenvalue weighted by molar-refractivity contribution is -0.141. The van der Waals surface area contributed by atoms with Crippen molar-refractivity contribution < 1.29 is 31.5 Å². The molecule has 2 aromatic carbocycles. The molecule has 1 aromatic heterocycles. The maximum Gasteiger partial charge on any atom is 0.434 e. The number of carbonyl (C=O) groups excluding carboxylic acids is 2. The second-order valence-corrected chi connectivity index (χ2v) is 10.6. The first-order chi connectivity index (χ1) is 21.0. The van der Waals surface area contributed by atoms with E-state index in [0.29, 0.717) is 50.4 Å². The van der Waals surface area contributed by atoms with E-state index < -0.39 is 35.0 Å². The van der Waals surface area contributed by atoms with Crippen LogP contribution in [0.3, 0.4) is 0 Å². The number of benzene rings is 2. The van der Waals surface area contributed by atoms with Gasteiger partial charge in [-0.05, 0) is 54.8 Å². The molecule has 9 nitrogen and oxygen atoms in total. The van der Waals surface area contributed by atoms with Crippen molar-refractivity contribution >= 4 is 17.8 Å². The van der Waals surface area contributed by atoms with Gasteiger partial charge < -0.3 is 15.1 Å². The van der Waals surface area contributed by atoms with Crippen molar-refractivity contribution in [1.29, 1.82) is 5.26 Å². The monoisotopic (exact) mass is 613 g/mol. The van der Waals surface area contributed by atoms with Crippen LogP contribution in [0.2, 0.25) is 0 Å². The maximum absolute atomic E-state index is 13.9. The molecule has 3 aromatic rings. The molecule has 2 fully saturated rings. The number of carbonyl (C=O) groups is 2. The molecule has 2 amide bonds. The van der Waals surface area contributed by atoms with Crippen LogP contribution in [0, 0.1) is 23.0 Å². The Labute approximate surface area is 249 Å². The van der Waals surface area contributed by atoms with Gasteiger partial charge in [0.25, 0.3) is 11.8 Å². The predicted octanol–water partition coefficient (Wildman–Crippen LogP) is 4.00. The number of amides is 2. The Bertz CT molecular complexity index is 1560. The summed E-state index contributed by atoms with van der Waals surface area (Å²) >= 11 is 0. The van der Waals surface area contributed by atoms with Gasteiger partial charge in [-0.2, -0.15) is 18.4 Å². The summed E-state index contributed by atoms with van der Waals surface area (Å²) in [6, 6.07) is 11.7. The van der Waals surface area contributed by atoms with Crippen molar-refractivity contribution in [3.05, 3.63) is 88.2 Å². The molecule has 3 heterocycles. The van der Waals surface area contributed by atoms with Crippen molar-refractivity contribution in [2.24, 2.45) is 0 Å². The van der Waals surface area contributed by atoms with Crippen LogP contribution in [-0.4, -0.2) is 76.9 Å². The van der Waals surface area contributed by atoms with Crippen LogP contribution in [-0.2, 0) is 12.7 Å². The molecule has 0 unspecified atom stereocenters. The van der Waals surface area contributed by atoms with E-state index in [-0.39, 0.29) is 30.0 Å². The second-order valence-electron chi connectivity index (χ2n) is 10.6. The Balaban J connectivity index is 1.16. The van der Waals surface area contributed by atoms with Crippen molar-refractivity contribution in [3.8, 4) is 6.07 Å². The molecule has 1 N–H and O–H groups in total. The van der Waals surface area contributed by atoms with E-state index in [2.05, 4.69) is 20.2 Å². The van der Waals surface area contributed by atoms with E-state index in [1.807, 2.05) is 6.07 Å². The molecule has 44 heavy (non-hydrogen) atoms. The van der Waals surface area contributed by atoms with Gasteiger partial charge in [0, 0.05) is 63.6 Å². The zero-order chi connectivity index (χ0) is 31.4. The third-order valence-corrected chi connectivity index (χ3v) is 7.85. The molecule has 5 rings (SSSR count). The molecular weight excluding hydrogens is 585 g/mol. The summed E-state index contributed by atoms with van der Waals surface area (Å²) in [6.45, 7) is 2.71. The smallest absolute Gasteiger partial charge is 0.348 e. The highest BCUT2D eigenvalue weighted by Gasteiger charge is 2.39. The Morgan fingerprint density at radius 3 is 2.25 bits per heavy atom. The van der Waals surface area contributed by atoms with Gasteiger partial charge in [-0.25, -0.2) is 18.7 Å². The molecule has 0 saturated carbocycles. The predicted molar refractivity (Wildman–Crippen MR) is 148 cm³/mol. The van der Waals surface area contributed by atoms with Crippen LogP contribution in [0.4, 0.5) is 27.9 Å². The number of piperazine rings is 1.